The first-order valence-corrected chi connectivity index (χ1v) is 6.54. The molecule has 0 spiro atoms. The van der Waals surface area contributed by atoms with E-state index in [0.717, 1.165) is 37.4 Å². The van der Waals surface area contributed by atoms with E-state index in [-0.39, 0.29) is 6.04 Å². The molecule has 1 aromatic rings. The first-order valence-electron chi connectivity index (χ1n) is 6.54. The molecule has 0 aromatic carbocycles. The summed E-state index contributed by atoms with van der Waals surface area (Å²) < 4.78 is 0. The minimum atomic E-state index is 0.137. The largest absolute Gasteiger partial charge is 0.323 e. The first kappa shape index (κ1) is 11.1. The van der Waals surface area contributed by atoms with Crippen molar-refractivity contribution in [1.82, 2.24) is 14.9 Å². The van der Waals surface area contributed by atoms with E-state index in [2.05, 4.69) is 16.9 Å². The normalized spacial score (nSPS) is 26.1. The van der Waals surface area contributed by atoms with Crippen molar-refractivity contribution in [3.63, 3.8) is 0 Å². The molecule has 1 aromatic heterocycles. The molecule has 1 unspecified atom stereocenters. The summed E-state index contributed by atoms with van der Waals surface area (Å²) in [7, 11) is 2.18. The third-order valence-corrected chi connectivity index (χ3v) is 4.08. The molecule has 2 heterocycles. The molecule has 1 fully saturated rings. The predicted molar refractivity (Wildman–Crippen MR) is 66.8 cm³/mol. The summed E-state index contributed by atoms with van der Waals surface area (Å²) in [6.45, 7) is 2.30. The highest BCUT2D eigenvalue weighted by atomic mass is 15.1. The maximum absolute atomic E-state index is 6.07. The lowest BCUT2D eigenvalue weighted by molar-refractivity contribution is 0.251. The van der Waals surface area contributed by atoms with Gasteiger partial charge in [-0.25, -0.2) is 9.97 Å². The van der Waals surface area contributed by atoms with E-state index in [9.17, 15) is 0 Å². The lowest BCUT2D eigenvalue weighted by atomic mass is 9.96. The van der Waals surface area contributed by atoms with E-state index in [0.29, 0.717) is 5.92 Å². The van der Waals surface area contributed by atoms with E-state index in [4.69, 9.17) is 10.7 Å². The van der Waals surface area contributed by atoms with Crippen LogP contribution in [0.3, 0.4) is 0 Å². The molecular weight excluding hydrogens is 212 g/mol. The van der Waals surface area contributed by atoms with Gasteiger partial charge in [0.2, 0.25) is 0 Å². The number of fused-ring (bicyclic) bond motifs is 1. The third-order valence-electron chi connectivity index (χ3n) is 4.08. The van der Waals surface area contributed by atoms with Crippen LogP contribution in [-0.2, 0) is 6.42 Å². The Hall–Kier alpha value is -1.00. The molecule has 0 bridgehead atoms. The molecule has 1 aliphatic carbocycles. The number of nitrogens with two attached hydrogens (primary N) is 1. The van der Waals surface area contributed by atoms with Gasteiger partial charge < -0.3 is 10.6 Å². The molecule has 0 radical (unpaired) electrons. The van der Waals surface area contributed by atoms with E-state index >= 15 is 0 Å². The van der Waals surface area contributed by atoms with Crippen LogP contribution in [0.1, 0.15) is 48.3 Å². The van der Waals surface area contributed by atoms with E-state index in [1.165, 1.54) is 18.4 Å². The van der Waals surface area contributed by atoms with Gasteiger partial charge in [-0.1, -0.05) is 0 Å². The highest BCUT2D eigenvalue weighted by molar-refractivity contribution is 5.26. The fourth-order valence-electron chi connectivity index (χ4n) is 2.86. The fraction of sp³-hybridized carbons (Fsp3) is 0.692. The van der Waals surface area contributed by atoms with Crippen LogP contribution >= 0.6 is 0 Å². The van der Waals surface area contributed by atoms with Crippen molar-refractivity contribution in [2.45, 2.75) is 37.6 Å². The number of hydrogen-bond acceptors (Lipinski definition) is 4. The van der Waals surface area contributed by atoms with Gasteiger partial charge in [-0.15, -0.1) is 0 Å². The second-order valence-electron chi connectivity index (χ2n) is 5.36. The van der Waals surface area contributed by atoms with Crippen LogP contribution in [0, 0.1) is 0 Å². The van der Waals surface area contributed by atoms with Crippen molar-refractivity contribution in [2.24, 2.45) is 5.73 Å². The van der Waals surface area contributed by atoms with Gasteiger partial charge in [-0.3, -0.25) is 0 Å². The van der Waals surface area contributed by atoms with Crippen molar-refractivity contribution >= 4 is 0 Å². The number of likely N-dealkylation sites (tertiary alicyclic amines) is 1. The Morgan fingerprint density at radius 2 is 2.06 bits per heavy atom. The van der Waals surface area contributed by atoms with Crippen molar-refractivity contribution < 1.29 is 0 Å². The van der Waals surface area contributed by atoms with E-state index in [1.54, 1.807) is 0 Å². The summed E-state index contributed by atoms with van der Waals surface area (Å²) in [5.41, 5.74) is 8.43. The number of rotatable bonds is 1. The Balaban J connectivity index is 1.82. The molecule has 1 saturated heterocycles. The van der Waals surface area contributed by atoms with Gasteiger partial charge in [-0.2, -0.15) is 0 Å². The zero-order valence-electron chi connectivity index (χ0n) is 10.4. The topological polar surface area (TPSA) is 55.0 Å². The average molecular weight is 232 g/mol. The molecule has 17 heavy (non-hydrogen) atoms. The number of piperidine rings is 1. The Bertz CT molecular complexity index is 410. The Labute approximate surface area is 102 Å². The zero-order chi connectivity index (χ0) is 11.8. The Morgan fingerprint density at radius 1 is 1.29 bits per heavy atom. The van der Waals surface area contributed by atoms with Gasteiger partial charge >= 0.3 is 0 Å². The van der Waals surface area contributed by atoms with Gasteiger partial charge in [-0.05, 0) is 51.4 Å². The van der Waals surface area contributed by atoms with Crippen LogP contribution in [0.4, 0.5) is 0 Å². The van der Waals surface area contributed by atoms with Crippen molar-refractivity contribution in [3.05, 3.63) is 23.3 Å². The number of hydrogen-bond donors (Lipinski definition) is 1. The lowest BCUT2D eigenvalue weighted by Gasteiger charge is -2.28. The van der Waals surface area contributed by atoms with Gasteiger partial charge in [0.15, 0.2) is 0 Å². The summed E-state index contributed by atoms with van der Waals surface area (Å²) in [5.74, 6) is 1.55. The third kappa shape index (κ3) is 2.07. The second kappa shape index (κ2) is 4.35. The van der Waals surface area contributed by atoms with Crippen LogP contribution in [0.15, 0.2) is 6.20 Å². The second-order valence-corrected chi connectivity index (χ2v) is 5.36. The summed E-state index contributed by atoms with van der Waals surface area (Å²) >= 11 is 0. The van der Waals surface area contributed by atoms with Crippen LogP contribution < -0.4 is 5.73 Å². The van der Waals surface area contributed by atoms with Gasteiger partial charge in [0.25, 0.3) is 0 Å². The molecule has 2 aliphatic rings. The summed E-state index contributed by atoms with van der Waals surface area (Å²) in [6, 6.07) is 0.137. The lowest BCUT2D eigenvalue weighted by Crippen LogP contribution is -2.30. The Morgan fingerprint density at radius 3 is 2.82 bits per heavy atom. The molecule has 92 valence electrons. The molecular formula is C13H20N4. The number of nitrogens with zero attached hydrogens (tertiary/aromatic N) is 3. The summed E-state index contributed by atoms with van der Waals surface area (Å²) in [6.07, 6.45) is 6.42. The number of aryl methyl sites for hydroxylation is 1. The SMILES string of the molecule is CN1CCC(c2ncc3c(n2)C(N)CC3)CC1. The molecule has 2 N–H and O–H groups in total. The summed E-state index contributed by atoms with van der Waals surface area (Å²) in [5, 5.41) is 0. The highest BCUT2D eigenvalue weighted by Crippen LogP contribution is 2.30. The van der Waals surface area contributed by atoms with Gasteiger partial charge in [0.05, 0.1) is 5.69 Å². The molecule has 4 nitrogen and oxygen atoms in total. The molecule has 0 saturated carbocycles. The van der Waals surface area contributed by atoms with Crippen LogP contribution in [0.25, 0.3) is 0 Å². The van der Waals surface area contributed by atoms with E-state index in [1.807, 2.05) is 6.20 Å². The van der Waals surface area contributed by atoms with Gasteiger partial charge in [0.1, 0.15) is 5.82 Å². The maximum Gasteiger partial charge on any atom is 0.131 e. The molecule has 3 rings (SSSR count). The number of aromatic nitrogens is 2. The minimum absolute atomic E-state index is 0.137. The molecule has 0 amide bonds. The zero-order valence-corrected chi connectivity index (χ0v) is 10.4. The average Bonchev–Trinajstić information content (AvgIpc) is 2.72. The monoisotopic (exact) mass is 232 g/mol. The van der Waals surface area contributed by atoms with Crippen molar-refractivity contribution in [1.29, 1.82) is 0 Å². The highest BCUT2D eigenvalue weighted by Gasteiger charge is 2.25. The quantitative estimate of drug-likeness (QED) is 0.791. The minimum Gasteiger partial charge on any atom is -0.323 e. The predicted octanol–water partition coefficient (Wildman–Crippen LogP) is 1.23. The Kier molecular flexibility index (Phi) is 2.84. The maximum atomic E-state index is 6.07. The standard InChI is InChI=1S/C13H20N4/c1-17-6-4-9(5-7-17)13-15-8-10-2-3-11(14)12(10)16-13/h8-9,11H,2-7,14H2,1H3. The van der Waals surface area contributed by atoms with E-state index < -0.39 is 0 Å². The molecule has 1 atom stereocenters. The van der Waals surface area contributed by atoms with Crippen LogP contribution in [0.5, 0.6) is 0 Å². The van der Waals surface area contributed by atoms with Crippen LogP contribution in [-0.4, -0.2) is 35.0 Å². The molecule has 1 aliphatic heterocycles. The summed E-state index contributed by atoms with van der Waals surface area (Å²) in [4.78, 5) is 11.6. The van der Waals surface area contributed by atoms with Crippen molar-refractivity contribution in [2.75, 3.05) is 20.1 Å². The van der Waals surface area contributed by atoms with Gasteiger partial charge in [0, 0.05) is 18.2 Å². The fourth-order valence-corrected chi connectivity index (χ4v) is 2.86. The molecule has 4 heteroatoms. The van der Waals surface area contributed by atoms with Crippen LogP contribution in [0.2, 0.25) is 0 Å². The smallest absolute Gasteiger partial charge is 0.131 e. The van der Waals surface area contributed by atoms with Crippen molar-refractivity contribution in [3.8, 4) is 0 Å². The first-order chi connectivity index (χ1) is 8.24.